The summed E-state index contributed by atoms with van der Waals surface area (Å²) in [7, 11) is 0. The second-order valence-electron chi connectivity index (χ2n) is 20.5. The van der Waals surface area contributed by atoms with Crippen molar-refractivity contribution in [1.82, 2.24) is 5.32 Å². The van der Waals surface area contributed by atoms with Gasteiger partial charge in [0.25, 0.3) is 0 Å². The lowest BCUT2D eigenvalue weighted by Gasteiger charge is -2.24. The van der Waals surface area contributed by atoms with Crippen molar-refractivity contribution in [2.45, 2.75) is 315 Å². The third-order valence-electron chi connectivity index (χ3n) is 13.6. The summed E-state index contributed by atoms with van der Waals surface area (Å²) in [5.74, 6) is -0.510. The number of aliphatic hydroxyl groups is 2. The van der Waals surface area contributed by atoms with Crippen LogP contribution in [0.5, 0.6) is 0 Å². The summed E-state index contributed by atoms with van der Waals surface area (Å²) in [6.07, 6.45) is 73.9. The Labute approximate surface area is 434 Å². The lowest BCUT2D eigenvalue weighted by Crippen LogP contribution is -2.46. The quantitative estimate of drug-likeness (QED) is 0.0244. The molecule has 0 saturated carbocycles. The molecule has 0 aliphatic carbocycles. The van der Waals surface area contributed by atoms with E-state index in [9.17, 15) is 19.8 Å². The van der Waals surface area contributed by atoms with Gasteiger partial charge in [-0.1, -0.05) is 273 Å². The van der Waals surface area contributed by atoms with E-state index in [1.807, 2.05) is 0 Å². The monoisotopic (exact) mass is 978 g/mol. The molecule has 70 heavy (non-hydrogen) atoms. The molecule has 0 aromatic carbocycles. The van der Waals surface area contributed by atoms with Gasteiger partial charge in [-0.3, -0.25) is 9.59 Å². The van der Waals surface area contributed by atoms with Crippen molar-refractivity contribution in [3.8, 4) is 0 Å². The molecule has 406 valence electrons. The van der Waals surface area contributed by atoms with Gasteiger partial charge in [-0.2, -0.15) is 0 Å². The number of allylic oxidation sites excluding steroid dienone is 12. The van der Waals surface area contributed by atoms with Gasteiger partial charge in [0, 0.05) is 6.42 Å². The fourth-order valence-corrected chi connectivity index (χ4v) is 9.00. The minimum Gasteiger partial charge on any atom is -0.462 e. The minimum absolute atomic E-state index is 0.0486. The Balaban J connectivity index is 4.61. The van der Waals surface area contributed by atoms with Crippen LogP contribution in [0.15, 0.2) is 72.9 Å². The summed E-state index contributed by atoms with van der Waals surface area (Å²) in [6, 6.07) is -0.719. The highest BCUT2D eigenvalue weighted by Crippen LogP contribution is 2.18. The van der Waals surface area contributed by atoms with Gasteiger partial charge in [-0.15, -0.1) is 0 Å². The predicted molar refractivity (Wildman–Crippen MR) is 305 cm³/mol. The third-order valence-corrected chi connectivity index (χ3v) is 13.6. The Morgan fingerprint density at radius 3 is 1.26 bits per heavy atom. The van der Waals surface area contributed by atoms with E-state index in [4.69, 9.17) is 4.74 Å². The Morgan fingerprint density at radius 1 is 0.429 bits per heavy atom. The van der Waals surface area contributed by atoms with Crippen LogP contribution < -0.4 is 5.32 Å². The fourth-order valence-electron chi connectivity index (χ4n) is 9.00. The first-order valence-corrected chi connectivity index (χ1v) is 30.2. The summed E-state index contributed by atoms with van der Waals surface area (Å²) in [4.78, 5) is 26.3. The number of amides is 1. The van der Waals surface area contributed by atoms with Crippen LogP contribution in [0, 0.1) is 0 Å². The molecule has 0 aromatic rings. The maximum absolute atomic E-state index is 13.3. The molecule has 0 aromatic heterocycles. The van der Waals surface area contributed by atoms with Gasteiger partial charge < -0.3 is 20.3 Å². The third kappa shape index (κ3) is 51.6. The molecular formula is C64H115NO5. The van der Waals surface area contributed by atoms with Gasteiger partial charge in [-0.25, -0.2) is 0 Å². The number of rotatable bonds is 54. The summed E-state index contributed by atoms with van der Waals surface area (Å²) < 4.78 is 5.95. The minimum atomic E-state index is -0.803. The number of unbranched alkanes of at least 4 members (excludes halogenated alkanes) is 33. The number of nitrogens with one attached hydrogen (secondary N) is 1. The van der Waals surface area contributed by atoms with Crippen LogP contribution in [0.2, 0.25) is 0 Å². The number of esters is 1. The SMILES string of the molecule is CCCCC/C=C\C/C=C\CCCCCCCCCCCC(=O)OC(CCCCC/C=C/C=C/C=C/C=C/CCCCC)CC(=O)NC(CO)C(O)CCCCCCCCCCCCCCCCCC. The van der Waals surface area contributed by atoms with Gasteiger partial charge >= 0.3 is 5.97 Å². The smallest absolute Gasteiger partial charge is 0.306 e. The van der Waals surface area contributed by atoms with E-state index >= 15 is 0 Å². The van der Waals surface area contributed by atoms with Crippen molar-refractivity contribution in [2.75, 3.05) is 6.61 Å². The molecule has 0 radical (unpaired) electrons. The largest absolute Gasteiger partial charge is 0.462 e. The van der Waals surface area contributed by atoms with Crippen molar-refractivity contribution in [3.63, 3.8) is 0 Å². The molecule has 0 heterocycles. The lowest BCUT2D eigenvalue weighted by atomic mass is 10.0. The van der Waals surface area contributed by atoms with E-state index in [-0.39, 0.29) is 24.9 Å². The van der Waals surface area contributed by atoms with E-state index in [1.54, 1.807) is 0 Å². The van der Waals surface area contributed by atoms with Gasteiger partial charge in [0.05, 0.1) is 25.2 Å². The molecule has 0 spiro atoms. The van der Waals surface area contributed by atoms with E-state index in [0.29, 0.717) is 19.3 Å². The molecule has 6 heteroatoms. The maximum Gasteiger partial charge on any atom is 0.306 e. The highest BCUT2D eigenvalue weighted by Gasteiger charge is 2.24. The summed E-state index contributed by atoms with van der Waals surface area (Å²) in [5, 5.41) is 23.9. The molecule has 0 bridgehead atoms. The van der Waals surface area contributed by atoms with Crippen molar-refractivity contribution < 1.29 is 24.5 Å². The van der Waals surface area contributed by atoms with Gasteiger partial charge in [0.2, 0.25) is 5.91 Å². The molecule has 0 saturated heterocycles. The standard InChI is InChI=1S/C64H115NO5/c1-4-7-10-13-16-19-22-25-28-31-32-33-36-39-42-45-48-51-54-57-64(69)70-60(55-52-49-46-43-40-37-34-29-26-23-20-17-14-11-8-5-2)58-63(68)65-61(59-66)62(67)56-53-50-47-44-41-38-35-30-27-24-21-18-15-12-9-6-3/h16-17,19-20,23,25-26,28-29,34,37,40,60-62,66-67H,4-15,18,21-22,24,27,30-33,35-36,38-39,41-59H2,1-3H3,(H,65,68)/b19-16-,20-17+,26-23+,28-25-,34-29+,40-37+. The van der Waals surface area contributed by atoms with E-state index in [2.05, 4.69) is 99.0 Å². The zero-order valence-electron chi connectivity index (χ0n) is 46.4. The van der Waals surface area contributed by atoms with E-state index in [0.717, 1.165) is 77.0 Å². The summed E-state index contributed by atoms with van der Waals surface area (Å²) in [6.45, 7) is 6.44. The Morgan fingerprint density at radius 2 is 0.786 bits per heavy atom. The highest BCUT2D eigenvalue weighted by molar-refractivity contribution is 5.77. The predicted octanol–water partition coefficient (Wildman–Crippen LogP) is 18.9. The zero-order valence-corrected chi connectivity index (χ0v) is 46.4. The first kappa shape index (κ1) is 67.3. The van der Waals surface area contributed by atoms with Crippen LogP contribution in [0.4, 0.5) is 0 Å². The molecule has 6 nitrogen and oxygen atoms in total. The van der Waals surface area contributed by atoms with Crippen molar-refractivity contribution in [1.29, 1.82) is 0 Å². The van der Waals surface area contributed by atoms with E-state index < -0.39 is 18.2 Å². The number of hydrogen-bond donors (Lipinski definition) is 3. The van der Waals surface area contributed by atoms with Crippen LogP contribution in [0.3, 0.4) is 0 Å². The molecule has 1 amide bonds. The Kier molecular flexibility index (Phi) is 55.0. The number of ether oxygens (including phenoxy) is 1. The maximum atomic E-state index is 13.3. The van der Waals surface area contributed by atoms with Gasteiger partial charge in [-0.05, 0) is 83.5 Å². The van der Waals surface area contributed by atoms with Crippen LogP contribution in [-0.2, 0) is 14.3 Å². The molecular weight excluding hydrogens is 863 g/mol. The van der Waals surface area contributed by atoms with Gasteiger partial charge in [0.1, 0.15) is 6.10 Å². The molecule has 0 fully saturated rings. The highest BCUT2D eigenvalue weighted by atomic mass is 16.5. The van der Waals surface area contributed by atoms with Crippen LogP contribution >= 0.6 is 0 Å². The molecule has 0 aliphatic heterocycles. The van der Waals surface area contributed by atoms with Crippen molar-refractivity contribution in [3.05, 3.63) is 72.9 Å². The molecule has 3 unspecified atom stereocenters. The Bertz CT molecular complexity index is 1280. The average molecular weight is 979 g/mol. The second kappa shape index (κ2) is 57.2. The molecule has 0 aliphatic rings. The van der Waals surface area contributed by atoms with Crippen LogP contribution in [-0.4, -0.2) is 46.9 Å². The van der Waals surface area contributed by atoms with Crippen molar-refractivity contribution >= 4 is 11.9 Å². The fraction of sp³-hybridized carbons (Fsp3) is 0.781. The number of hydrogen-bond acceptors (Lipinski definition) is 5. The van der Waals surface area contributed by atoms with Gasteiger partial charge in [0.15, 0.2) is 0 Å². The average Bonchev–Trinajstić information content (AvgIpc) is 3.35. The second-order valence-corrected chi connectivity index (χ2v) is 20.5. The Hall–Kier alpha value is -2.70. The van der Waals surface area contributed by atoms with Crippen LogP contribution in [0.1, 0.15) is 297 Å². The first-order chi connectivity index (χ1) is 34.5. The lowest BCUT2D eigenvalue weighted by molar-refractivity contribution is -0.151. The normalized spacial score (nSPS) is 13.6. The topological polar surface area (TPSA) is 95.9 Å². The molecule has 0 rings (SSSR count). The number of carbonyl (C=O) groups is 2. The van der Waals surface area contributed by atoms with E-state index in [1.165, 1.54) is 173 Å². The zero-order chi connectivity index (χ0) is 50.9. The summed E-state index contributed by atoms with van der Waals surface area (Å²) >= 11 is 0. The number of aliphatic hydroxyl groups excluding tert-OH is 2. The van der Waals surface area contributed by atoms with Crippen molar-refractivity contribution in [2.24, 2.45) is 0 Å². The number of carbonyl (C=O) groups excluding carboxylic acids is 2. The molecule has 3 atom stereocenters. The molecule has 3 N–H and O–H groups in total. The van der Waals surface area contributed by atoms with Crippen LogP contribution in [0.25, 0.3) is 0 Å². The summed E-state index contributed by atoms with van der Waals surface area (Å²) in [5.41, 5.74) is 0. The first-order valence-electron chi connectivity index (χ1n) is 30.2.